The Kier molecular flexibility index (Phi) is 6.19. The van der Waals surface area contributed by atoms with E-state index in [1.54, 1.807) is 0 Å². The van der Waals surface area contributed by atoms with Gasteiger partial charge in [0.1, 0.15) is 12.4 Å². The molecule has 1 aliphatic heterocycles. The van der Waals surface area contributed by atoms with Crippen LogP contribution in [-0.4, -0.2) is 11.1 Å². The van der Waals surface area contributed by atoms with E-state index in [4.69, 9.17) is 4.74 Å². The first-order valence-corrected chi connectivity index (χ1v) is 11.9. The van der Waals surface area contributed by atoms with E-state index in [-0.39, 0.29) is 5.91 Å². The number of amides is 1. The Hall–Kier alpha value is -3.83. The van der Waals surface area contributed by atoms with Crippen molar-refractivity contribution >= 4 is 45.4 Å². The number of carbonyl (C=O) groups excluding carboxylic acids is 1. The summed E-state index contributed by atoms with van der Waals surface area (Å²) in [6.07, 6.45) is 1.87. The summed E-state index contributed by atoms with van der Waals surface area (Å²) >= 11 is 1.35. The quantitative estimate of drug-likeness (QED) is 0.326. The highest BCUT2D eigenvalue weighted by Crippen LogP contribution is 2.30. The number of nitrogens with zero attached hydrogens (tertiary/aromatic N) is 1. The van der Waals surface area contributed by atoms with E-state index in [1.807, 2.05) is 61.5 Å². The number of aryl methyl sites for hydroxylation is 2. The average molecular weight is 465 g/mol. The molecule has 1 saturated heterocycles. The summed E-state index contributed by atoms with van der Waals surface area (Å²) in [5.41, 5.74) is 5.17. The van der Waals surface area contributed by atoms with Crippen molar-refractivity contribution in [2.75, 3.05) is 0 Å². The van der Waals surface area contributed by atoms with Gasteiger partial charge in [-0.2, -0.15) is 0 Å². The van der Waals surface area contributed by atoms with Crippen molar-refractivity contribution in [1.29, 1.82) is 0 Å². The summed E-state index contributed by atoms with van der Waals surface area (Å²) in [6.45, 7) is 4.55. The molecule has 0 unspecified atom stereocenters. The van der Waals surface area contributed by atoms with Gasteiger partial charge in [-0.3, -0.25) is 4.79 Å². The maximum Gasteiger partial charge on any atom is 0.264 e. The fourth-order valence-corrected chi connectivity index (χ4v) is 4.78. The van der Waals surface area contributed by atoms with E-state index < -0.39 is 0 Å². The molecule has 4 aromatic rings. The van der Waals surface area contributed by atoms with Crippen LogP contribution in [0, 0.1) is 13.8 Å². The van der Waals surface area contributed by atoms with Crippen LogP contribution in [-0.2, 0) is 11.4 Å². The minimum atomic E-state index is -0.143. The zero-order chi connectivity index (χ0) is 23.5. The smallest absolute Gasteiger partial charge is 0.264 e. The summed E-state index contributed by atoms with van der Waals surface area (Å²) in [6, 6.07) is 28.4. The summed E-state index contributed by atoms with van der Waals surface area (Å²) < 4.78 is 6.09. The third-order valence-electron chi connectivity index (χ3n) is 5.66. The topological polar surface area (TPSA) is 50.7 Å². The fourth-order valence-electron chi connectivity index (χ4n) is 3.95. The molecule has 1 fully saturated rings. The molecule has 0 saturated carbocycles. The Morgan fingerprint density at radius 1 is 0.941 bits per heavy atom. The first-order valence-electron chi connectivity index (χ1n) is 11.1. The molecule has 0 bridgehead atoms. The standard InChI is InChI=1S/C29H24N2O2S/c1-19-13-14-26(20(2)15-19)30-29-31-28(32)27(34-29)17-21-7-5-11-24(16-21)33-18-23-10-6-9-22-8-3-4-12-25(22)23/h3-17H,18H2,1-2H3,(H,30,31,32)/b27-17+. The fraction of sp³-hybridized carbons (Fsp3) is 0.103. The van der Waals surface area contributed by atoms with Crippen LogP contribution in [0.5, 0.6) is 5.75 Å². The number of thioether (sulfide) groups is 1. The minimum absolute atomic E-state index is 0.143. The Morgan fingerprint density at radius 2 is 1.76 bits per heavy atom. The molecule has 1 aliphatic rings. The number of amidine groups is 1. The van der Waals surface area contributed by atoms with Gasteiger partial charge < -0.3 is 10.1 Å². The van der Waals surface area contributed by atoms with Crippen molar-refractivity contribution in [2.45, 2.75) is 20.5 Å². The molecule has 34 heavy (non-hydrogen) atoms. The first kappa shape index (κ1) is 22.0. The number of hydrogen-bond donors (Lipinski definition) is 1. The molecule has 1 heterocycles. The van der Waals surface area contributed by atoms with Gasteiger partial charge in [-0.05, 0) is 77.3 Å². The van der Waals surface area contributed by atoms with Gasteiger partial charge in [-0.1, -0.05) is 72.3 Å². The third-order valence-corrected chi connectivity index (χ3v) is 6.57. The van der Waals surface area contributed by atoms with Gasteiger partial charge in [0.2, 0.25) is 0 Å². The van der Waals surface area contributed by atoms with E-state index in [2.05, 4.69) is 53.6 Å². The monoisotopic (exact) mass is 464 g/mol. The number of aliphatic imine (C=N–C) groups is 1. The zero-order valence-electron chi connectivity index (χ0n) is 19.0. The molecule has 0 atom stereocenters. The largest absolute Gasteiger partial charge is 0.489 e. The number of ether oxygens (including phenoxy) is 1. The molecule has 4 aromatic carbocycles. The molecular weight excluding hydrogens is 440 g/mol. The lowest BCUT2D eigenvalue weighted by Gasteiger charge is -2.09. The van der Waals surface area contributed by atoms with Crippen LogP contribution in [0.15, 0.2) is 94.8 Å². The lowest BCUT2D eigenvalue weighted by Crippen LogP contribution is -2.19. The number of hydrogen-bond acceptors (Lipinski definition) is 4. The van der Waals surface area contributed by atoms with Crippen LogP contribution in [0.4, 0.5) is 5.69 Å². The second kappa shape index (κ2) is 9.57. The first-order chi connectivity index (χ1) is 16.5. The number of rotatable bonds is 5. The van der Waals surface area contributed by atoms with Gasteiger partial charge in [0, 0.05) is 0 Å². The van der Waals surface area contributed by atoms with E-state index in [1.165, 1.54) is 28.1 Å². The Morgan fingerprint density at radius 3 is 2.65 bits per heavy atom. The van der Waals surface area contributed by atoms with Crippen molar-refractivity contribution in [3.8, 4) is 5.75 Å². The third kappa shape index (κ3) is 4.90. The number of fused-ring (bicyclic) bond motifs is 1. The molecule has 5 rings (SSSR count). The lowest BCUT2D eigenvalue weighted by atomic mass is 10.1. The predicted octanol–water partition coefficient (Wildman–Crippen LogP) is 6.93. The molecule has 0 aromatic heterocycles. The number of carbonyl (C=O) groups is 1. The van der Waals surface area contributed by atoms with Crippen LogP contribution in [0.3, 0.4) is 0 Å². The second-order valence-electron chi connectivity index (χ2n) is 8.27. The Labute approximate surface area is 203 Å². The van der Waals surface area contributed by atoms with Crippen molar-refractivity contribution in [3.05, 3.63) is 112 Å². The summed E-state index contributed by atoms with van der Waals surface area (Å²) in [5.74, 6) is 0.616. The van der Waals surface area contributed by atoms with Gasteiger partial charge in [0.25, 0.3) is 5.91 Å². The van der Waals surface area contributed by atoms with Crippen LogP contribution >= 0.6 is 11.8 Å². The number of benzene rings is 4. The molecule has 1 amide bonds. The summed E-state index contributed by atoms with van der Waals surface area (Å²) in [4.78, 5) is 17.8. The Bertz CT molecular complexity index is 1450. The van der Waals surface area contributed by atoms with Crippen molar-refractivity contribution < 1.29 is 9.53 Å². The van der Waals surface area contributed by atoms with Crippen molar-refractivity contribution in [3.63, 3.8) is 0 Å². The SMILES string of the molecule is Cc1ccc(N=C2NC(=O)/C(=C\c3cccc(OCc4cccc5ccccc45)c3)S2)c(C)c1. The highest BCUT2D eigenvalue weighted by atomic mass is 32.2. The molecular formula is C29H24N2O2S. The lowest BCUT2D eigenvalue weighted by molar-refractivity contribution is -0.115. The number of nitrogens with one attached hydrogen (secondary N) is 1. The van der Waals surface area contributed by atoms with Gasteiger partial charge in [0.05, 0.1) is 10.6 Å². The zero-order valence-corrected chi connectivity index (χ0v) is 19.9. The second-order valence-corrected chi connectivity index (χ2v) is 9.30. The van der Waals surface area contributed by atoms with Crippen LogP contribution in [0.2, 0.25) is 0 Å². The van der Waals surface area contributed by atoms with E-state index in [0.29, 0.717) is 16.7 Å². The van der Waals surface area contributed by atoms with Crippen LogP contribution in [0.25, 0.3) is 16.8 Å². The van der Waals surface area contributed by atoms with Crippen LogP contribution in [0.1, 0.15) is 22.3 Å². The van der Waals surface area contributed by atoms with Crippen LogP contribution < -0.4 is 10.1 Å². The maximum atomic E-state index is 12.5. The summed E-state index contributed by atoms with van der Waals surface area (Å²) in [5, 5.41) is 5.85. The van der Waals surface area contributed by atoms with Gasteiger partial charge in [0.15, 0.2) is 5.17 Å². The Balaban J connectivity index is 1.31. The van der Waals surface area contributed by atoms with E-state index in [9.17, 15) is 4.79 Å². The highest BCUT2D eigenvalue weighted by molar-refractivity contribution is 8.18. The molecule has 168 valence electrons. The van der Waals surface area contributed by atoms with E-state index in [0.717, 1.165) is 28.1 Å². The normalized spacial score (nSPS) is 15.8. The van der Waals surface area contributed by atoms with Crippen molar-refractivity contribution in [1.82, 2.24) is 5.32 Å². The molecule has 1 N–H and O–H groups in total. The van der Waals surface area contributed by atoms with Gasteiger partial charge in [-0.15, -0.1) is 0 Å². The molecule has 0 radical (unpaired) electrons. The summed E-state index contributed by atoms with van der Waals surface area (Å²) in [7, 11) is 0. The van der Waals surface area contributed by atoms with Crippen molar-refractivity contribution in [2.24, 2.45) is 4.99 Å². The van der Waals surface area contributed by atoms with Gasteiger partial charge >= 0.3 is 0 Å². The highest BCUT2D eigenvalue weighted by Gasteiger charge is 2.24. The molecule has 5 heteroatoms. The molecule has 4 nitrogen and oxygen atoms in total. The van der Waals surface area contributed by atoms with E-state index >= 15 is 0 Å². The molecule has 0 aliphatic carbocycles. The maximum absolute atomic E-state index is 12.5. The molecule has 0 spiro atoms. The predicted molar refractivity (Wildman–Crippen MR) is 141 cm³/mol. The minimum Gasteiger partial charge on any atom is -0.489 e. The van der Waals surface area contributed by atoms with Gasteiger partial charge in [-0.25, -0.2) is 4.99 Å². The average Bonchev–Trinajstić information content (AvgIpc) is 3.18.